The average Bonchev–Trinajstić information content (AvgIpc) is 2.77. The van der Waals surface area contributed by atoms with Gasteiger partial charge in [-0.3, -0.25) is 4.79 Å². The fourth-order valence-corrected chi connectivity index (χ4v) is 2.46. The first-order chi connectivity index (χ1) is 8.54. The number of methoxy groups -OCH3 is 1. The van der Waals surface area contributed by atoms with Gasteiger partial charge in [-0.2, -0.15) is 0 Å². The lowest BCUT2D eigenvalue weighted by Gasteiger charge is -2.14. The minimum absolute atomic E-state index is 0.130. The number of benzene rings is 1. The van der Waals surface area contributed by atoms with E-state index in [4.69, 9.17) is 25.1 Å². The van der Waals surface area contributed by atoms with Crippen LogP contribution in [-0.4, -0.2) is 31.0 Å². The summed E-state index contributed by atoms with van der Waals surface area (Å²) in [5.74, 6) is 0.552. The van der Waals surface area contributed by atoms with E-state index in [1.165, 1.54) is 7.11 Å². The van der Waals surface area contributed by atoms with Crippen molar-refractivity contribution in [2.75, 3.05) is 13.9 Å². The van der Waals surface area contributed by atoms with E-state index < -0.39 is 12.0 Å². The molecule has 0 saturated heterocycles. The minimum Gasteiger partial charge on any atom is -0.495 e. The van der Waals surface area contributed by atoms with E-state index in [9.17, 15) is 4.79 Å². The molecule has 0 aliphatic carbocycles. The van der Waals surface area contributed by atoms with E-state index >= 15 is 0 Å². The Morgan fingerprint density at radius 1 is 1.67 bits per heavy atom. The van der Waals surface area contributed by atoms with Crippen molar-refractivity contribution >= 4 is 21.9 Å². The predicted octanol–water partition coefficient (Wildman–Crippen LogP) is 1.14. The summed E-state index contributed by atoms with van der Waals surface area (Å²) < 4.78 is 16.4. The summed E-state index contributed by atoms with van der Waals surface area (Å²) in [5, 5.41) is 8.84. The molecule has 1 unspecified atom stereocenters. The first kappa shape index (κ1) is 13.0. The van der Waals surface area contributed by atoms with Gasteiger partial charge in [0.2, 0.25) is 6.79 Å². The lowest BCUT2D eigenvalue weighted by atomic mass is 10.0. The Morgan fingerprint density at radius 3 is 3.00 bits per heavy atom. The van der Waals surface area contributed by atoms with E-state index in [1.54, 1.807) is 6.07 Å². The summed E-state index contributed by atoms with van der Waals surface area (Å²) in [6, 6.07) is 0.695. The number of halogens is 1. The van der Waals surface area contributed by atoms with E-state index in [1.807, 2.05) is 0 Å². The number of nitrogens with two attached hydrogens (primary N) is 1. The summed E-state index contributed by atoms with van der Waals surface area (Å²) in [7, 11) is 1.50. The zero-order chi connectivity index (χ0) is 13.3. The van der Waals surface area contributed by atoms with Crippen LogP contribution in [0.5, 0.6) is 17.2 Å². The second-order valence-corrected chi connectivity index (χ2v) is 4.56. The number of hydrogen-bond acceptors (Lipinski definition) is 5. The molecular formula is C11H12BrNO5. The fourth-order valence-electron chi connectivity index (χ4n) is 1.73. The van der Waals surface area contributed by atoms with Crippen molar-refractivity contribution in [1.29, 1.82) is 0 Å². The normalized spacial score (nSPS) is 14.4. The van der Waals surface area contributed by atoms with Gasteiger partial charge in [0.1, 0.15) is 16.3 Å². The van der Waals surface area contributed by atoms with Gasteiger partial charge >= 0.3 is 5.97 Å². The van der Waals surface area contributed by atoms with E-state index in [-0.39, 0.29) is 13.2 Å². The maximum atomic E-state index is 10.8. The van der Waals surface area contributed by atoms with Gasteiger partial charge in [-0.15, -0.1) is 0 Å². The summed E-state index contributed by atoms with van der Waals surface area (Å²) in [4.78, 5) is 10.8. The van der Waals surface area contributed by atoms with E-state index in [2.05, 4.69) is 15.9 Å². The maximum Gasteiger partial charge on any atom is 0.320 e. The third kappa shape index (κ3) is 2.23. The summed E-state index contributed by atoms with van der Waals surface area (Å²) in [6.07, 6.45) is 0.147. The highest BCUT2D eigenvalue weighted by Gasteiger charge is 2.25. The van der Waals surface area contributed by atoms with Crippen LogP contribution in [0, 0.1) is 0 Å². The summed E-state index contributed by atoms with van der Waals surface area (Å²) >= 11 is 3.35. The smallest absolute Gasteiger partial charge is 0.320 e. The standard InChI is InChI=1S/C11H12BrNO5/c1-16-9-5(2-6(13)11(14)15)3-7-10(8(9)12)18-4-17-7/h3,6H,2,4,13H2,1H3,(H,14,15). The number of aliphatic carboxylic acids is 1. The molecule has 2 rings (SSSR count). The molecule has 0 amide bonds. The summed E-state index contributed by atoms with van der Waals surface area (Å²) in [5.41, 5.74) is 6.18. The molecule has 0 bridgehead atoms. The lowest BCUT2D eigenvalue weighted by Crippen LogP contribution is -2.32. The molecule has 0 radical (unpaired) electrons. The van der Waals surface area contributed by atoms with E-state index in [0.29, 0.717) is 27.3 Å². The molecule has 1 heterocycles. The largest absolute Gasteiger partial charge is 0.495 e. The van der Waals surface area contributed by atoms with Crippen molar-refractivity contribution in [1.82, 2.24) is 0 Å². The predicted molar refractivity (Wildman–Crippen MR) is 66.1 cm³/mol. The highest BCUT2D eigenvalue weighted by Crippen LogP contribution is 2.46. The van der Waals surface area contributed by atoms with Gasteiger partial charge in [0.15, 0.2) is 11.5 Å². The van der Waals surface area contributed by atoms with Crippen molar-refractivity contribution in [2.45, 2.75) is 12.5 Å². The molecule has 0 spiro atoms. The zero-order valence-electron chi connectivity index (χ0n) is 9.60. The van der Waals surface area contributed by atoms with Gasteiger partial charge in [-0.05, 0) is 22.0 Å². The van der Waals surface area contributed by atoms with Gasteiger partial charge < -0.3 is 25.1 Å². The monoisotopic (exact) mass is 317 g/mol. The number of hydrogen-bond donors (Lipinski definition) is 2. The highest BCUT2D eigenvalue weighted by atomic mass is 79.9. The van der Waals surface area contributed by atoms with Gasteiger partial charge in [0, 0.05) is 12.0 Å². The van der Waals surface area contributed by atoms with Crippen molar-refractivity contribution in [3.63, 3.8) is 0 Å². The Bertz CT molecular complexity index is 491. The zero-order valence-corrected chi connectivity index (χ0v) is 11.2. The van der Waals surface area contributed by atoms with Crippen LogP contribution < -0.4 is 19.9 Å². The van der Waals surface area contributed by atoms with Crippen LogP contribution in [0.4, 0.5) is 0 Å². The van der Waals surface area contributed by atoms with Crippen molar-refractivity contribution in [3.05, 3.63) is 16.1 Å². The Hall–Kier alpha value is -1.47. The van der Waals surface area contributed by atoms with Gasteiger partial charge in [0.05, 0.1) is 7.11 Å². The van der Waals surface area contributed by atoms with Crippen LogP contribution in [0.25, 0.3) is 0 Å². The molecule has 1 aromatic rings. The molecule has 3 N–H and O–H groups in total. The number of carbonyl (C=O) groups is 1. The van der Waals surface area contributed by atoms with Crippen LogP contribution >= 0.6 is 15.9 Å². The number of rotatable bonds is 4. The number of ether oxygens (including phenoxy) is 3. The van der Waals surface area contributed by atoms with Gasteiger partial charge in [-0.1, -0.05) is 0 Å². The van der Waals surface area contributed by atoms with Crippen molar-refractivity contribution < 1.29 is 24.1 Å². The molecule has 0 aromatic heterocycles. The number of carboxylic acids is 1. The molecule has 1 atom stereocenters. The molecule has 7 heteroatoms. The Morgan fingerprint density at radius 2 is 2.39 bits per heavy atom. The molecule has 18 heavy (non-hydrogen) atoms. The van der Waals surface area contributed by atoms with Crippen LogP contribution in [0.1, 0.15) is 5.56 Å². The Kier molecular flexibility index (Phi) is 3.63. The molecule has 6 nitrogen and oxygen atoms in total. The first-order valence-electron chi connectivity index (χ1n) is 5.18. The number of carboxylic acid groups (broad SMARTS) is 1. The average molecular weight is 318 g/mol. The topological polar surface area (TPSA) is 91.0 Å². The molecular weight excluding hydrogens is 306 g/mol. The van der Waals surface area contributed by atoms with Gasteiger partial charge in [-0.25, -0.2) is 0 Å². The molecule has 1 aliphatic heterocycles. The van der Waals surface area contributed by atoms with Crippen LogP contribution in [0.3, 0.4) is 0 Å². The minimum atomic E-state index is -1.06. The van der Waals surface area contributed by atoms with Crippen LogP contribution in [0.15, 0.2) is 10.5 Å². The molecule has 0 saturated carbocycles. The van der Waals surface area contributed by atoms with E-state index in [0.717, 1.165) is 0 Å². The third-order valence-electron chi connectivity index (χ3n) is 2.60. The maximum absolute atomic E-state index is 10.8. The second kappa shape index (κ2) is 5.03. The van der Waals surface area contributed by atoms with Crippen LogP contribution in [0.2, 0.25) is 0 Å². The molecule has 98 valence electrons. The van der Waals surface area contributed by atoms with Gasteiger partial charge in [0.25, 0.3) is 0 Å². The third-order valence-corrected chi connectivity index (χ3v) is 3.32. The van der Waals surface area contributed by atoms with Crippen LogP contribution in [-0.2, 0) is 11.2 Å². The summed E-state index contributed by atoms with van der Waals surface area (Å²) in [6.45, 7) is 0.130. The van der Waals surface area contributed by atoms with Crippen molar-refractivity contribution in [2.24, 2.45) is 5.73 Å². The molecule has 1 aromatic carbocycles. The second-order valence-electron chi connectivity index (χ2n) is 3.77. The molecule has 0 fully saturated rings. The Labute approximate surface area is 112 Å². The van der Waals surface area contributed by atoms with Crippen molar-refractivity contribution in [3.8, 4) is 17.2 Å². The number of fused-ring (bicyclic) bond motifs is 1. The lowest BCUT2D eigenvalue weighted by molar-refractivity contribution is -0.138. The Balaban J connectivity index is 2.40. The highest BCUT2D eigenvalue weighted by molar-refractivity contribution is 9.10. The first-order valence-corrected chi connectivity index (χ1v) is 5.97. The molecule has 1 aliphatic rings. The fraction of sp³-hybridized carbons (Fsp3) is 0.364. The quantitative estimate of drug-likeness (QED) is 0.865. The SMILES string of the molecule is COc1c(CC(N)C(=O)O)cc2c(c1Br)OCO2.